The van der Waals surface area contributed by atoms with Gasteiger partial charge in [-0.05, 0) is 37.3 Å². The number of nitrogens with one attached hydrogen (secondary N) is 1. The summed E-state index contributed by atoms with van der Waals surface area (Å²) in [5.74, 6) is 0.207. The van der Waals surface area contributed by atoms with Crippen molar-refractivity contribution in [2.24, 2.45) is 5.92 Å². The predicted octanol–water partition coefficient (Wildman–Crippen LogP) is 2.88. The Morgan fingerprint density at radius 3 is 2.50 bits per heavy atom. The van der Waals surface area contributed by atoms with Crippen molar-refractivity contribution in [1.82, 2.24) is 5.32 Å². The van der Waals surface area contributed by atoms with Crippen molar-refractivity contribution in [2.45, 2.75) is 25.3 Å². The van der Waals surface area contributed by atoms with Gasteiger partial charge in [0.05, 0.1) is 15.6 Å². The molecule has 0 aromatic heterocycles. The molecule has 1 aromatic carbocycles. The van der Waals surface area contributed by atoms with Crippen LogP contribution in [0.15, 0.2) is 18.2 Å². The first-order chi connectivity index (χ1) is 8.63. The molecule has 1 aliphatic carbocycles. The Balaban J connectivity index is 2.10. The molecule has 0 radical (unpaired) electrons. The monoisotopic (exact) mass is 287 g/mol. The first-order valence-corrected chi connectivity index (χ1v) is 6.75. The summed E-state index contributed by atoms with van der Waals surface area (Å²) in [6.45, 7) is 0.0672. The van der Waals surface area contributed by atoms with E-state index >= 15 is 0 Å². The van der Waals surface area contributed by atoms with Crippen LogP contribution in [0.25, 0.3) is 0 Å². The molecule has 1 saturated carbocycles. The van der Waals surface area contributed by atoms with Crippen LogP contribution in [-0.4, -0.2) is 23.7 Å². The fourth-order valence-electron chi connectivity index (χ4n) is 2.02. The number of halogens is 2. The van der Waals surface area contributed by atoms with Gasteiger partial charge in [0.1, 0.15) is 0 Å². The van der Waals surface area contributed by atoms with E-state index in [1.165, 1.54) is 0 Å². The number of benzene rings is 1. The Labute approximate surface area is 116 Å². The highest BCUT2D eigenvalue weighted by Crippen LogP contribution is 2.34. The van der Waals surface area contributed by atoms with E-state index in [1.807, 2.05) is 0 Å². The highest BCUT2D eigenvalue weighted by atomic mass is 35.5. The molecule has 0 aliphatic heterocycles. The first-order valence-electron chi connectivity index (χ1n) is 5.99. The molecular weight excluding hydrogens is 273 g/mol. The zero-order valence-corrected chi connectivity index (χ0v) is 11.3. The molecule has 0 spiro atoms. The molecule has 0 bridgehead atoms. The highest BCUT2D eigenvalue weighted by molar-refractivity contribution is 6.39. The van der Waals surface area contributed by atoms with Gasteiger partial charge in [0.2, 0.25) is 0 Å². The molecule has 2 N–H and O–H groups in total. The van der Waals surface area contributed by atoms with Crippen molar-refractivity contribution in [2.75, 3.05) is 6.61 Å². The quantitative estimate of drug-likeness (QED) is 0.875. The third-order valence-electron chi connectivity index (χ3n) is 3.14. The Bertz CT molecular complexity index is 426. The molecule has 1 aromatic rings. The number of amides is 1. The largest absolute Gasteiger partial charge is 0.396 e. The molecule has 1 amide bonds. The van der Waals surface area contributed by atoms with Crippen LogP contribution in [0.3, 0.4) is 0 Å². The van der Waals surface area contributed by atoms with Crippen molar-refractivity contribution >= 4 is 29.1 Å². The fourth-order valence-corrected chi connectivity index (χ4v) is 2.59. The average molecular weight is 288 g/mol. The molecule has 18 heavy (non-hydrogen) atoms. The van der Waals surface area contributed by atoms with E-state index in [0.29, 0.717) is 27.9 Å². The summed E-state index contributed by atoms with van der Waals surface area (Å²) in [7, 11) is 0. The smallest absolute Gasteiger partial charge is 0.254 e. The van der Waals surface area contributed by atoms with Crippen molar-refractivity contribution in [3.05, 3.63) is 33.8 Å². The molecule has 2 rings (SSSR count). The maximum atomic E-state index is 12.1. The van der Waals surface area contributed by atoms with Crippen LogP contribution in [0, 0.1) is 5.92 Å². The Morgan fingerprint density at radius 1 is 1.39 bits per heavy atom. The van der Waals surface area contributed by atoms with Crippen molar-refractivity contribution < 1.29 is 9.90 Å². The van der Waals surface area contributed by atoms with Gasteiger partial charge in [-0.1, -0.05) is 29.3 Å². The van der Waals surface area contributed by atoms with Gasteiger partial charge in [-0.25, -0.2) is 0 Å². The lowest BCUT2D eigenvalue weighted by atomic mass is 10.1. The lowest BCUT2D eigenvalue weighted by Gasteiger charge is -2.18. The Morgan fingerprint density at radius 2 is 2.00 bits per heavy atom. The second-order valence-electron chi connectivity index (χ2n) is 4.53. The van der Waals surface area contributed by atoms with E-state index in [1.54, 1.807) is 18.2 Å². The van der Waals surface area contributed by atoms with Crippen molar-refractivity contribution in [3.8, 4) is 0 Å². The molecule has 1 atom stereocenters. The number of hydrogen-bond acceptors (Lipinski definition) is 2. The van der Waals surface area contributed by atoms with E-state index < -0.39 is 0 Å². The maximum Gasteiger partial charge on any atom is 0.254 e. The minimum Gasteiger partial charge on any atom is -0.396 e. The number of rotatable bonds is 5. The van der Waals surface area contributed by atoms with Gasteiger partial charge in [0, 0.05) is 12.6 Å². The van der Waals surface area contributed by atoms with Crippen LogP contribution in [0.1, 0.15) is 29.6 Å². The lowest BCUT2D eigenvalue weighted by Crippen LogP contribution is -2.37. The molecule has 5 heteroatoms. The first kappa shape index (κ1) is 13.7. The van der Waals surface area contributed by atoms with Crippen molar-refractivity contribution in [1.29, 1.82) is 0 Å². The second kappa shape index (κ2) is 5.91. The molecule has 0 heterocycles. The molecule has 1 unspecified atom stereocenters. The number of aliphatic hydroxyl groups excluding tert-OH is 1. The van der Waals surface area contributed by atoms with Gasteiger partial charge < -0.3 is 10.4 Å². The molecule has 0 saturated heterocycles. The van der Waals surface area contributed by atoms with Crippen LogP contribution >= 0.6 is 23.2 Å². The van der Waals surface area contributed by atoms with Crippen LogP contribution in [0.4, 0.5) is 0 Å². The Kier molecular flexibility index (Phi) is 4.49. The molecule has 3 nitrogen and oxygen atoms in total. The topological polar surface area (TPSA) is 49.3 Å². The summed E-state index contributed by atoms with van der Waals surface area (Å²) in [5, 5.41) is 12.6. The van der Waals surface area contributed by atoms with Gasteiger partial charge >= 0.3 is 0 Å². The SMILES string of the molecule is O=C(NC(CCO)C1CC1)c1c(Cl)cccc1Cl. The van der Waals surface area contributed by atoms with Gasteiger partial charge in [-0.15, -0.1) is 0 Å². The van der Waals surface area contributed by atoms with Gasteiger partial charge in [-0.2, -0.15) is 0 Å². The third-order valence-corrected chi connectivity index (χ3v) is 3.77. The predicted molar refractivity (Wildman–Crippen MR) is 72.1 cm³/mol. The summed E-state index contributed by atoms with van der Waals surface area (Å²) >= 11 is 12.0. The zero-order valence-electron chi connectivity index (χ0n) is 9.83. The average Bonchev–Trinajstić information content (AvgIpc) is 3.12. The Hall–Kier alpha value is -0.770. The fraction of sp³-hybridized carbons (Fsp3) is 0.462. The summed E-state index contributed by atoms with van der Waals surface area (Å²) in [4.78, 5) is 12.1. The highest BCUT2D eigenvalue weighted by Gasteiger charge is 2.32. The van der Waals surface area contributed by atoms with Crippen LogP contribution < -0.4 is 5.32 Å². The minimum atomic E-state index is -0.268. The van der Waals surface area contributed by atoms with E-state index in [4.69, 9.17) is 28.3 Å². The van der Waals surface area contributed by atoms with Crippen molar-refractivity contribution in [3.63, 3.8) is 0 Å². The number of carbonyl (C=O) groups excluding carboxylic acids is 1. The molecule has 1 aliphatic rings. The lowest BCUT2D eigenvalue weighted by molar-refractivity contribution is 0.0924. The van der Waals surface area contributed by atoms with Gasteiger partial charge in [0.15, 0.2) is 0 Å². The zero-order chi connectivity index (χ0) is 13.1. The molecule has 1 fully saturated rings. The minimum absolute atomic E-state index is 0.00911. The van der Waals surface area contributed by atoms with Crippen LogP contribution in [0.5, 0.6) is 0 Å². The molecule has 98 valence electrons. The van der Waals surface area contributed by atoms with Crippen LogP contribution in [-0.2, 0) is 0 Å². The summed E-state index contributed by atoms with van der Waals surface area (Å²) in [6.07, 6.45) is 2.76. The van der Waals surface area contributed by atoms with E-state index in [-0.39, 0.29) is 18.6 Å². The van der Waals surface area contributed by atoms with E-state index in [2.05, 4.69) is 5.32 Å². The van der Waals surface area contributed by atoms with Crippen LogP contribution in [0.2, 0.25) is 10.0 Å². The van der Waals surface area contributed by atoms with E-state index in [0.717, 1.165) is 12.8 Å². The summed E-state index contributed by atoms with van der Waals surface area (Å²) in [6, 6.07) is 4.99. The number of carbonyl (C=O) groups is 1. The van der Waals surface area contributed by atoms with E-state index in [9.17, 15) is 4.79 Å². The third kappa shape index (κ3) is 3.16. The standard InChI is InChI=1S/C13H15Cl2NO2/c14-9-2-1-3-10(15)12(9)13(18)16-11(6-7-17)8-4-5-8/h1-3,8,11,17H,4-7H2,(H,16,18). The number of hydrogen-bond donors (Lipinski definition) is 2. The van der Waals surface area contributed by atoms with Gasteiger partial charge in [-0.3, -0.25) is 4.79 Å². The molecular formula is C13H15Cl2NO2. The summed E-state index contributed by atoms with van der Waals surface area (Å²) < 4.78 is 0. The summed E-state index contributed by atoms with van der Waals surface area (Å²) in [5.41, 5.74) is 0.310. The maximum absolute atomic E-state index is 12.1. The number of aliphatic hydroxyl groups is 1. The normalized spacial score (nSPS) is 16.4. The second-order valence-corrected chi connectivity index (χ2v) is 5.34. The van der Waals surface area contributed by atoms with Gasteiger partial charge in [0.25, 0.3) is 5.91 Å².